The summed E-state index contributed by atoms with van der Waals surface area (Å²) in [7, 11) is 0. The number of amides is 1. The molecule has 5 aromatic rings. The van der Waals surface area contributed by atoms with Crippen molar-refractivity contribution in [3.63, 3.8) is 0 Å². The molecule has 5 N–H and O–H groups in total. The first-order valence-electron chi connectivity index (χ1n) is 11.5. The van der Waals surface area contributed by atoms with Gasteiger partial charge in [0.25, 0.3) is 0 Å². The molecule has 1 amide bonds. The van der Waals surface area contributed by atoms with Crippen molar-refractivity contribution in [1.29, 1.82) is 0 Å². The van der Waals surface area contributed by atoms with Crippen LogP contribution >= 0.6 is 0 Å². The Balaban J connectivity index is 1.46. The molecule has 0 spiro atoms. The summed E-state index contributed by atoms with van der Waals surface area (Å²) in [5.41, 5.74) is 11.8. The molecule has 0 saturated carbocycles. The number of para-hydroxylation sites is 2. The first-order chi connectivity index (χ1) is 17.1. The quantitative estimate of drug-likeness (QED) is 0.251. The number of aromatic nitrogens is 1. The Hall–Kier alpha value is -4.26. The van der Waals surface area contributed by atoms with Crippen LogP contribution < -0.4 is 16.4 Å². The van der Waals surface area contributed by atoms with Gasteiger partial charge in [-0.3, -0.25) is 4.79 Å². The molecule has 5 rings (SSSR count). The molecule has 0 bridgehead atoms. The fourth-order valence-electron chi connectivity index (χ4n) is 4.24. The number of nitrogens with two attached hydrogens (primary N) is 1. The van der Waals surface area contributed by atoms with Gasteiger partial charge in [0.1, 0.15) is 0 Å². The molecule has 1 aromatic heterocycles. The smallest absolute Gasteiger partial charge is 0.241 e. The molecule has 0 fully saturated rings. The molecule has 0 saturated heterocycles. The fourth-order valence-corrected chi connectivity index (χ4v) is 4.24. The van der Waals surface area contributed by atoms with Gasteiger partial charge in [0, 0.05) is 22.1 Å². The summed E-state index contributed by atoms with van der Waals surface area (Å²) in [4.78, 5) is 17.6. The maximum atomic E-state index is 12.8. The Bertz CT molecular complexity index is 1450. The van der Waals surface area contributed by atoms with Crippen LogP contribution in [0.25, 0.3) is 21.8 Å². The van der Waals surface area contributed by atoms with Crippen LogP contribution in [0.15, 0.2) is 97.1 Å². The first-order valence-corrected chi connectivity index (χ1v) is 11.5. The highest BCUT2D eigenvalue weighted by atomic mass is 16.3. The Morgan fingerprint density at radius 1 is 0.800 bits per heavy atom. The summed E-state index contributed by atoms with van der Waals surface area (Å²) in [5.74, 6) is -0.283. The van der Waals surface area contributed by atoms with Crippen molar-refractivity contribution in [3.8, 4) is 0 Å². The highest BCUT2D eigenvalue weighted by Crippen LogP contribution is 2.34. The summed E-state index contributed by atoms with van der Waals surface area (Å²) in [6.45, 7) is -0.160. The molecule has 1 heterocycles. The number of rotatable bonds is 7. The minimum Gasteiger partial charge on any atom is -0.392 e. The van der Waals surface area contributed by atoms with Crippen molar-refractivity contribution in [2.24, 2.45) is 5.73 Å². The van der Waals surface area contributed by atoms with E-state index in [9.17, 15) is 9.90 Å². The topological polar surface area (TPSA) is 100 Å². The SMILES string of the molecule is N[C@@H](Cc1ccccc1)C(=O)Nc1cc(CO)cc(Nc2c3ccccc3nc3ccccc23)c1. The van der Waals surface area contributed by atoms with Gasteiger partial charge < -0.3 is 21.5 Å². The molecule has 0 unspecified atom stereocenters. The fraction of sp³-hybridized carbons (Fsp3) is 0.103. The second-order valence-electron chi connectivity index (χ2n) is 8.51. The molecule has 1 atom stereocenters. The van der Waals surface area contributed by atoms with E-state index in [1.54, 1.807) is 6.07 Å². The van der Waals surface area contributed by atoms with E-state index in [1.807, 2.05) is 91.0 Å². The predicted octanol–water partition coefficient (Wildman–Crippen LogP) is 5.13. The Morgan fingerprint density at radius 2 is 1.40 bits per heavy atom. The Morgan fingerprint density at radius 3 is 2.06 bits per heavy atom. The minimum absolute atomic E-state index is 0.160. The third kappa shape index (κ3) is 4.99. The van der Waals surface area contributed by atoms with Gasteiger partial charge in [0.2, 0.25) is 5.91 Å². The largest absolute Gasteiger partial charge is 0.392 e. The number of pyridine rings is 1. The molecule has 0 aliphatic carbocycles. The van der Waals surface area contributed by atoms with Gasteiger partial charge in [-0.05, 0) is 47.9 Å². The standard InChI is InChI=1S/C29H26N4O2/c30-25(16-19-8-2-1-3-9-19)29(35)32-22-15-20(18-34)14-21(17-22)31-28-23-10-4-6-12-26(23)33-27-13-7-5-11-24(27)28/h1-15,17,25,34H,16,18,30H2,(H,31,33)(H,32,35)/t25-/m0/s1. The zero-order chi connectivity index (χ0) is 24.2. The number of benzene rings is 4. The van der Waals surface area contributed by atoms with Crippen molar-refractivity contribution >= 4 is 44.8 Å². The van der Waals surface area contributed by atoms with Crippen molar-refractivity contribution in [2.75, 3.05) is 10.6 Å². The van der Waals surface area contributed by atoms with E-state index < -0.39 is 6.04 Å². The summed E-state index contributed by atoms with van der Waals surface area (Å²) in [6, 6.07) is 30.4. The van der Waals surface area contributed by atoms with Crippen LogP contribution in [0.3, 0.4) is 0 Å². The molecule has 6 heteroatoms. The Labute approximate surface area is 203 Å². The van der Waals surface area contributed by atoms with Gasteiger partial charge in [-0.2, -0.15) is 0 Å². The third-order valence-electron chi connectivity index (χ3n) is 5.94. The zero-order valence-electron chi connectivity index (χ0n) is 19.1. The lowest BCUT2D eigenvalue weighted by Gasteiger charge is -2.17. The lowest BCUT2D eigenvalue weighted by Crippen LogP contribution is -2.37. The minimum atomic E-state index is -0.695. The number of nitrogens with one attached hydrogen (secondary N) is 2. The summed E-state index contributed by atoms with van der Waals surface area (Å²) in [5, 5.41) is 18.2. The summed E-state index contributed by atoms with van der Waals surface area (Å²) in [6.07, 6.45) is 0.437. The number of carbonyl (C=O) groups is 1. The molecule has 0 radical (unpaired) electrons. The lowest BCUT2D eigenvalue weighted by molar-refractivity contribution is -0.117. The van der Waals surface area contributed by atoms with Crippen molar-refractivity contribution in [1.82, 2.24) is 4.98 Å². The molecule has 0 aliphatic rings. The van der Waals surface area contributed by atoms with Crippen LogP contribution in [0.5, 0.6) is 0 Å². The van der Waals surface area contributed by atoms with Crippen LogP contribution in [-0.2, 0) is 17.8 Å². The third-order valence-corrected chi connectivity index (χ3v) is 5.94. The van der Waals surface area contributed by atoms with Crippen molar-refractivity contribution in [2.45, 2.75) is 19.1 Å². The van der Waals surface area contributed by atoms with Crippen molar-refractivity contribution in [3.05, 3.63) is 108 Å². The molecular formula is C29H26N4O2. The van der Waals surface area contributed by atoms with Gasteiger partial charge in [-0.25, -0.2) is 4.98 Å². The summed E-state index contributed by atoms with van der Waals surface area (Å²) < 4.78 is 0. The second-order valence-corrected chi connectivity index (χ2v) is 8.51. The van der Waals surface area contributed by atoms with Gasteiger partial charge in [-0.1, -0.05) is 66.7 Å². The zero-order valence-corrected chi connectivity index (χ0v) is 19.1. The number of aliphatic hydroxyl groups is 1. The second kappa shape index (κ2) is 9.93. The molecule has 174 valence electrons. The van der Waals surface area contributed by atoms with E-state index in [1.165, 1.54) is 0 Å². The average Bonchev–Trinajstić information content (AvgIpc) is 2.89. The van der Waals surface area contributed by atoms with E-state index >= 15 is 0 Å². The first kappa shape index (κ1) is 22.5. The Kier molecular flexibility index (Phi) is 6.39. The van der Waals surface area contributed by atoms with Crippen LogP contribution in [0.1, 0.15) is 11.1 Å². The maximum Gasteiger partial charge on any atom is 0.241 e. The van der Waals surface area contributed by atoms with Gasteiger partial charge in [0.15, 0.2) is 0 Å². The highest BCUT2D eigenvalue weighted by Gasteiger charge is 2.16. The lowest BCUT2D eigenvalue weighted by atomic mass is 10.1. The van der Waals surface area contributed by atoms with Gasteiger partial charge in [0.05, 0.1) is 29.4 Å². The maximum absolute atomic E-state index is 12.8. The van der Waals surface area contributed by atoms with Gasteiger partial charge >= 0.3 is 0 Å². The van der Waals surface area contributed by atoms with E-state index in [4.69, 9.17) is 10.7 Å². The molecule has 4 aromatic carbocycles. The van der Waals surface area contributed by atoms with Crippen LogP contribution in [0, 0.1) is 0 Å². The summed E-state index contributed by atoms with van der Waals surface area (Å²) >= 11 is 0. The normalized spacial score (nSPS) is 11.9. The number of anilines is 3. The molecule has 35 heavy (non-hydrogen) atoms. The monoisotopic (exact) mass is 462 g/mol. The van der Waals surface area contributed by atoms with E-state index in [-0.39, 0.29) is 12.5 Å². The number of hydrogen-bond acceptors (Lipinski definition) is 5. The highest BCUT2D eigenvalue weighted by molar-refractivity contribution is 6.08. The van der Waals surface area contributed by atoms with E-state index in [0.29, 0.717) is 17.7 Å². The number of aliphatic hydroxyl groups excluding tert-OH is 1. The van der Waals surface area contributed by atoms with Crippen molar-refractivity contribution < 1.29 is 9.90 Å². The van der Waals surface area contributed by atoms with Crippen LogP contribution in [0.4, 0.5) is 17.1 Å². The molecular weight excluding hydrogens is 436 g/mol. The molecule has 0 aliphatic heterocycles. The molecule has 6 nitrogen and oxygen atoms in total. The van der Waals surface area contributed by atoms with Crippen LogP contribution in [-0.4, -0.2) is 22.0 Å². The number of fused-ring (bicyclic) bond motifs is 2. The van der Waals surface area contributed by atoms with Gasteiger partial charge in [-0.15, -0.1) is 0 Å². The number of hydrogen-bond donors (Lipinski definition) is 4. The van der Waals surface area contributed by atoms with E-state index in [2.05, 4.69) is 10.6 Å². The van der Waals surface area contributed by atoms with E-state index in [0.717, 1.165) is 38.7 Å². The number of nitrogens with zero attached hydrogens (tertiary/aromatic N) is 1. The average molecular weight is 463 g/mol. The number of carbonyl (C=O) groups excluding carboxylic acids is 1. The van der Waals surface area contributed by atoms with Crippen LogP contribution in [0.2, 0.25) is 0 Å². The predicted molar refractivity (Wildman–Crippen MR) is 142 cm³/mol.